The molecule has 3 rings (SSSR count). The third-order valence-corrected chi connectivity index (χ3v) is 5.69. The smallest absolute Gasteiger partial charge is 0.343 e. The molecule has 0 amide bonds. The van der Waals surface area contributed by atoms with Gasteiger partial charge in [-0.15, -0.1) is 0 Å². The first-order valence-electron chi connectivity index (χ1n) is 13.4. The number of hydrogen-bond acceptors (Lipinski definition) is 8. The predicted octanol–water partition coefficient (Wildman–Crippen LogP) is 6.05. The lowest BCUT2D eigenvalue weighted by atomic mass is 10.0. The van der Waals surface area contributed by atoms with Gasteiger partial charge in [-0.3, -0.25) is 0 Å². The highest BCUT2D eigenvalue weighted by molar-refractivity contribution is 5.91. The lowest BCUT2D eigenvalue weighted by Gasteiger charge is -2.09. The van der Waals surface area contributed by atoms with E-state index in [4.69, 9.17) is 23.7 Å². The Morgan fingerprint density at radius 1 is 0.707 bits per heavy atom. The van der Waals surface area contributed by atoms with Crippen molar-refractivity contribution in [2.45, 2.75) is 19.8 Å². The summed E-state index contributed by atoms with van der Waals surface area (Å²) in [6.07, 6.45) is 6.08. The summed E-state index contributed by atoms with van der Waals surface area (Å²) in [7, 11) is 0. The highest BCUT2D eigenvalue weighted by atomic mass is 16.6. The standard InChI is InChI=1S/C33H34O8/c1-3-5-20-39-32(35)19-8-25-6-9-26(10-7-25)27-11-17-30(18-12-27)41-33(36)28-13-15-29(16-14-28)38-23-21-37-22-24-40-31(34)4-2/h4,6-19H,2-3,5,20-24H2,1H3/b19-8+. The Balaban J connectivity index is 1.42. The molecule has 41 heavy (non-hydrogen) atoms. The van der Waals surface area contributed by atoms with Crippen LogP contribution in [0, 0.1) is 0 Å². The van der Waals surface area contributed by atoms with E-state index in [2.05, 4.69) is 6.58 Å². The van der Waals surface area contributed by atoms with Crippen LogP contribution in [-0.2, 0) is 23.8 Å². The Morgan fingerprint density at radius 3 is 1.98 bits per heavy atom. The molecular formula is C33H34O8. The van der Waals surface area contributed by atoms with E-state index in [1.165, 1.54) is 6.08 Å². The number of hydrogen-bond donors (Lipinski definition) is 0. The van der Waals surface area contributed by atoms with Crippen molar-refractivity contribution in [2.75, 3.05) is 33.0 Å². The van der Waals surface area contributed by atoms with E-state index in [0.29, 0.717) is 36.9 Å². The summed E-state index contributed by atoms with van der Waals surface area (Å²) in [5.74, 6) is -0.305. The fraction of sp³-hybridized carbons (Fsp3) is 0.242. The van der Waals surface area contributed by atoms with Crippen LogP contribution in [0.4, 0.5) is 0 Å². The second-order valence-electron chi connectivity index (χ2n) is 8.75. The van der Waals surface area contributed by atoms with Crippen LogP contribution < -0.4 is 9.47 Å². The van der Waals surface area contributed by atoms with Crippen LogP contribution in [0.25, 0.3) is 17.2 Å². The molecule has 0 radical (unpaired) electrons. The largest absolute Gasteiger partial charge is 0.491 e. The first-order valence-corrected chi connectivity index (χ1v) is 13.4. The van der Waals surface area contributed by atoms with Crippen LogP contribution in [-0.4, -0.2) is 50.9 Å². The summed E-state index contributed by atoms with van der Waals surface area (Å²) in [6.45, 7) is 6.83. The van der Waals surface area contributed by atoms with Gasteiger partial charge >= 0.3 is 17.9 Å². The van der Waals surface area contributed by atoms with E-state index in [-0.39, 0.29) is 19.2 Å². The lowest BCUT2D eigenvalue weighted by Crippen LogP contribution is -2.12. The van der Waals surface area contributed by atoms with Crippen molar-refractivity contribution in [3.8, 4) is 22.6 Å². The number of esters is 3. The molecule has 0 aliphatic heterocycles. The van der Waals surface area contributed by atoms with Crippen molar-refractivity contribution < 1.29 is 38.1 Å². The van der Waals surface area contributed by atoms with E-state index in [0.717, 1.165) is 35.6 Å². The van der Waals surface area contributed by atoms with Gasteiger partial charge in [0.2, 0.25) is 0 Å². The number of carbonyl (C=O) groups excluding carboxylic acids is 3. The molecule has 3 aromatic rings. The van der Waals surface area contributed by atoms with Gasteiger partial charge in [0.25, 0.3) is 0 Å². The van der Waals surface area contributed by atoms with Crippen molar-refractivity contribution in [3.05, 3.63) is 103 Å². The number of rotatable bonds is 16. The molecule has 0 unspecified atom stereocenters. The minimum absolute atomic E-state index is 0.148. The molecule has 0 aromatic heterocycles. The van der Waals surface area contributed by atoms with Crippen LogP contribution in [0.15, 0.2) is 91.5 Å². The Morgan fingerprint density at radius 2 is 1.32 bits per heavy atom. The molecule has 0 bridgehead atoms. The van der Waals surface area contributed by atoms with Crippen LogP contribution >= 0.6 is 0 Å². The summed E-state index contributed by atoms with van der Waals surface area (Å²) in [5.41, 5.74) is 3.23. The SMILES string of the molecule is C=CC(=O)OCCOCCOc1ccc(C(=O)Oc2ccc(-c3ccc(/C=C/C(=O)OCCCC)cc3)cc2)cc1. The molecule has 0 spiro atoms. The van der Waals surface area contributed by atoms with Gasteiger partial charge in [0.05, 0.1) is 25.4 Å². The molecule has 8 heteroatoms. The van der Waals surface area contributed by atoms with Crippen molar-refractivity contribution >= 4 is 24.0 Å². The monoisotopic (exact) mass is 558 g/mol. The molecule has 0 saturated heterocycles. The van der Waals surface area contributed by atoms with Crippen molar-refractivity contribution in [1.82, 2.24) is 0 Å². The van der Waals surface area contributed by atoms with Gasteiger partial charge in [0, 0.05) is 12.2 Å². The van der Waals surface area contributed by atoms with Gasteiger partial charge in [-0.1, -0.05) is 56.3 Å². The maximum atomic E-state index is 12.6. The first kappa shape index (κ1) is 30.8. The van der Waals surface area contributed by atoms with E-state index in [1.807, 2.05) is 43.3 Å². The molecule has 0 N–H and O–H groups in total. The zero-order chi connectivity index (χ0) is 29.3. The summed E-state index contributed by atoms with van der Waals surface area (Å²) in [6, 6.07) is 21.6. The minimum Gasteiger partial charge on any atom is -0.491 e. The third kappa shape index (κ3) is 11.1. The van der Waals surface area contributed by atoms with Crippen LogP contribution in [0.3, 0.4) is 0 Å². The van der Waals surface area contributed by atoms with E-state index in [9.17, 15) is 14.4 Å². The predicted molar refractivity (Wildman–Crippen MR) is 156 cm³/mol. The highest BCUT2D eigenvalue weighted by Gasteiger charge is 2.09. The number of ether oxygens (including phenoxy) is 5. The Labute approximate surface area is 240 Å². The highest BCUT2D eigenvalue weighted by Crippen LogP contribution is 2.24. The Kier molecular flexibility index (Phi) is 12.9. The van der Waals surface area contributed by atoms with Crippen LogP contribution in [0.1, 0.15) is 35.7 Å². The molecule has 0 aliphatic carbocycles. The van der Waals surface area contributed by atoms with Gasteiger partial charge in [-0.05, 0) is 65.6 Å². The zero-order valence-electron chi connectivity index (χ0n) is 23.1. The average molecular weight is 559 g/mol. The van der Waals surface area contributed by atoms with Crippen molar-refractivity contribution in [1.29, 1.82) is 0 Å². The van der Waals surface area contributed by atoms with Crippen LogP contribution in [0.5, 0.6) is 11.5 Å². The van der Waals surface area contributed by atoms with E-state index < -0.39 is 11.9 Å². The molecule has 0 atom stereocenters. The van der Waals surface area contributed by atoms with Gasteiger partial charge in [-0.2, -0.15) is 0 Å². The lowest BCUT2D eigenvalue weighted by molar-refractivity contribution is -0.139. The van der Waals surface area contributed by atoms with E-state index >= 15 is 0 Å². The van der Waals surface area contributed by atoms with E-state index in [1.54, 1.807) is 42.5 Å². The maximum absolute atomic E-state index is 12.6. The number of unbranched alkanes of at least 4 members (excludes halogenated alkanes) is 1. The van der Waals surface area contributed by atoms with Crippen molar-refractivity contribution in [2.24, 2.45) is 0 Å². The molecule has 0 saturated carbocycles. The number of benzene rings is 3. The second-order valence-corrected chi connectivity index (χ2v) is 8.75. The Hall–Kier alpha value is -4.69. The third-order valence-electron chi connectivity index (χ3n) is 5.69. The molecule has 0 aliphatic rings. The molecule has 3 aromatic carbocycles. The topological polar surface area (TPSA) is 97.4 Å². The second kappa shape index (κ2) is 17.1. The molecule has 0 heterocycles. The molecule has 0 fully saturated rings. The van der Waals surface area contributed by atoms with Crippen LogP contribution in [0.2, 0.25) is 0 Å². The quantitative estimate of drug-likeness (QED) is 0.0907. The van der Waals surface area contributed by atoms with Gasteiger partial charge in [0.15, 0.2) is 0 Å². The summed E-state index contributed by atoms with van der Waals surface area (Å²) in [4.78, 5) is 35.2. The Bertz CT molecular complexity index is 1290. The molecular weight excluding hydrogens is 524 g/mol. The summed E-state index contributed by atoms with van der Waals surface area (Å²) < 4.78 is 26.3. The molecule has 8 nitrogen and oxygen atoms in total. The first-order chi connectivity index (χ1) is 20.0. The summed E-state index contributed by atoms with van der Waals surface area (Å²) in [5, 5.41) is 0. The van der Waals surface area contributed by atoms with Gasteiger partial charge in [-0.25, -0.2) is 14.4 Å². The summed E-state index contributed by atoms with van der Waals surface area (Å²) >= 11 is 0. The normalized spacial score (nSPS) is 10.7. The fourth-order valence-electron chi connectivity index (χ4n) is 3.47. The number of carbonyl (C=O) groups is 3. The maximum Gasteiger partial charge on any atom is 0.343 e. The average Bonchev–Trinajstić information content (AvgIpc) is 3.00. The van der Waals surface area contributed by atoms with Gasteiger partial charge in [0.1, 0.15) is 24.7 Å². The fourth-order valence-corrected chi connectivity index (χ4v) is 3.47. The van der Waals surface area contributed by atoms with Gasteiger partial charge < -0.3 is 23.7 Å². The van der Waals surface area contributed by atoms with Crippen molar-refractivity contribution in [3.63, 3.8) is 0 Å². The minimum atomic E-state index is -0.490. The zero-order valence-corrected chi connectivity index (χ0v) is 23.1. The molecule has 214 valence electrons.